The van der Waals surface area contributed by atoms with E-state index in [1.165, 1.54) is 12.3 Å². The van der Waals surface area contributed by atoms with E-state index < -0.39 is 0 Å². The predicted molar refractivity (Wildman–Crippen MR) is 78.7 cm³/mol. The zero-order chi connectivity index (χ0) is 14.5. The van der Waals surface area contributed by atoms with Crippen LogP contribution in [0.25, 0.3) is 0 Å². The molecule has 2 heterocycles. The van der Waals surface area contributed by atoms with E-state index in [4.69, 9.17) is 16.4 Å². The fraction of sp³-hybridized carbons (Fsp3) is 0.667. The summed E-state index contributed by atoms with van der Waals surface area (Å²) in [5.74, 6) is 0.131. The molecule has 0 spiro atoms. The molecule has 1 aromatic heterocycles. The van der Waals surface area contributed by atoms with E-state index in [-0.39, 0.29) is 18.6 Å². The molecular formula is C12H21ClN6O2. The van der Waals surface area contributed by atoms with Crippen LogP contribution in [0.3, 0.4) is 0 Å². The standard InChI is InChI=1S/C11H17ClN6O2.CH4/c1-9(2)16-5-7-17(8-6-16)18(19)15-20-10-3-4-13-11(12)14-10;/h3-4,9H,5-8H2,1-2H3;1H4/b18-15-;. The van der Waals surface area contributed by atoms with Gasteiger partial charge in [-0.3, -0.25) is 9.74 Å². The summed E-state index contributed by atoms with van der Waals surface area (Å²) in [5, 5.41) is 16.9. The normalized spacial score (nSPS) is 16.8. The van der Waals surface area contributed by atoms with Gasteiger partial charge in [0.2, 0.25) is 10.6 Å². The summed E-state index contributed by atoms with van der Waals surface area (Å²) >= 11 is 5.60. The van der Waals surface area contributed by atoms with Crippen molar-refractivity contribution in [2.24, 2.45) is 5.28 Å². The second-order valence-electron chi connectivity index (χ2n) is 4.67. The highest BCUT2D eigenvalue weighted by molar-refractivity contribution is 6.28. The van der Waals surface area contributed by atoms with Crippen molar-refractivity contribution < 1.29 is 9.81 Å². The van der Waals surface area contributed by atoms with Crippen molar-refractivity contribution in [1.29, 1.82) is 0 Å². The number of hydrogen-bond acceptors (Lipinski definition) is 6. The Morgan fingerprint density at radius 2 is 2.05 bits per heavy atom. The Bertz CT molecular complexity index is 477. The number of hydrogen-bond donors (Lipinski definition) is 0. The Kier molecular flexibility index (Phi) is 6.57. The van der Waals surface area contributed by atoms with E-state index in [0.717, 1.165) is 13.1 Å². The van der Waals surface area contributed by atoms with Crippen LogP contribution in [0.5, 0.6) is 5.88 Å². The summed E-state index contributed by atoms with van der Waals surface area (Å²) in [6.45, 7) is 7.14. The number of rotatable bonds is 4. The first-order valence-corrected chi connectivity index (χ1v) is 6.77. The molecule has 0 atom stereocenters. The molecule has 1 aromatic rings. The average Bonchev–Trinajstić information content (AvgIpc) is 2.45. The maximum atomic E-state index is 11.8. The van der Waals surface area contributed by atoms with Crippen LogP contribution in [-0.4, -0.2) is 57.1 Å². The van der Waals surface area contributed by atoms with Crippen molar-refractivity contribution in [1.82, 2.24) is 19.9 Å². The largest absolute Gasteiger partial charge is 0.569 e. The van der Waals surface area contributed by atoms with E-state index >= 15 is 0 Å². The maximum absolute atomic E-state index is 11.8. The van der Waals surface area contributed by atoms with Gasteiger partial charge in [-0.2, -0.15) is 4.98 Å². The Morgan fingerprint density at radius 3 is 2.62 bits per heavy atom. The summed E-state index contributed by atoms with van der Waals surface area (Å²) < 4.78 is 0. The van der Waals surface area contributed by atoms with Crippen molar-refractivity contribution in [2.45, 2.75) is 27.3 Å². The Balaban J connectivity index is 0.00000220. The van der Waals surface area contributed by atoms with Crippen LogP contribution in [0.4, 0.5) is 0 Å². The second kappa shape index (κ2) is 7.94. The predicted octanol–water partition coefficient (Wildman–Crippen LogP) is 1.96. The molecule has 9 heteroatoms. The van der Waals surface area contributed by atoms with Gasteiger partial charge in [-0.15, -0.1) is 5.01 Å². The van der Waals surface area contributed by atoms with Crippen LogP contribution in [0.2, 0.25) is 5.28 Å². The number of piperazine rings is 1. The Morgan fingerprint density at radius 1 is 1.38 bits per heavy atom. The summed E-state index contributed by atoms with van der Waals surface area (Å²) in [4.78, 5) is 15.2. The van der Waals surface area contributed by atoms with Crippen molar-refractivity contribution in [2.75, 3.05) is 26.2 Å². The van der Waals surface area contributed by atoms with Gasteiger partial charge in [0, 0.05) is 31.4 Å². The van der Waals surface area contributed by atoms with Crippen molar-refractivity contribution in [3.63, 3.8) is 0 Å². The highest BCUT2D eigenvalue weighted by Gasteiger charge is 2.23. The molecule has 0 aliphatic carbocycles. The number of aromatic nitrogens is 2. The molecule has 1 aliphatic heterocycles. The van der Waals surface area contributed by atoms with Crippen LogP contribution >= 0.6 is 11.6 Å². The van der Waals surface area contributed by atoms with E-state index in [1.54, 1.807) is 5.01 Å². The van der Waals surface area contributed by atoms with Crippen LogP contribution < -0.4 is 4.84 Å². The fourth-order valence-corrected chi connectivity index (χ4v) is 2.04. The van der Waals surface area contributed by atoms with E-state index in [1.807, 2.05) is 0 Å². The van der Waals surface area contributed by atoms with Crippen LogP contribution in [0.1, 0.15) is 21.3 Å². The van der Waals surface area contributed by atoms with Crippen LogP contribution in [0.15, 0.2) is 17.5 Å². The fourth-order valence-electron chi connectivity index (χ4n) is 1.90. The molecule has 0 saturated carbocycles. The minimum Gasteiger partial charge on any atom is -0.569 e. The third kappa shape index (κ3) is 4.98. The first-order valence-electron chi connectivity index (χ1n) is 6.39. The highest BCUT2D eigenvalue weighted by atomic mass is 35.5. The minimum atomic E-state index is 0. The van der Waals surface area contributed by atoms with Crippen LogP contribution in [-0.2, 0) is 0 Å². The van der Waals surface area contributed by atoms with E-state index in [9.17, 15) is 5.21 Å². The molecule has 1 aliphatic rings. The van der Waals surface area contributed by atoms with Gasteiger partial charge in [-0.05, 0) is 25.4 Å². The molecule has 1 fully saturated rings. The molecule has 8 nitrogen and oxygen atoms in total. The van der Waals surface area contributed by atoms with Gasteiger partial charge in [0.25, 0.3) is 5.88 Å². The first-order chi connectivity index (χ1) is 9.56. The smallest absolute Gasteiger partial charge is 0.259 e. The zero-order valence-electron chi connectivity index (χ0n) is 11.4. The Labute approximate surface area is 129 Å². The monoisotopic (exact) mass is 316 g/mol. The van der Waals surface area contributed by atoms with Gasteiger partial charge >= 0.3 is 0 Å². The van der Waals surface area contributed by atoms with Crippen molar-refractivity contribution >= 4 is 11.6 Å². The molecule has 0 bridgehead atoms. The lowest BCUT2D eigenvalue weighted by Gasteiger charge is -2.33. The molecule has 1 saturated heterocycles. The second-order valence-corrected chi connectivity index (χ2v) is 5.01. The molecule has 0 amide bonds. The summed E-state index contributed by atoms with van der Waals surface area (Å²) in [6, 6.07) is 1.95. The number of nitrogens with zero attached hydrogens (tertiary/aromatic N) is 6. The van der Waals surface area contributed by atoms with Gasteiger partial charge < -0.3 is 5.21 Å². The molecule has 2 rings (SSSR count). The van der Waals surface area contributed by atoms with Gasteiger partial charge in [-0.25, -0.2) is 4.98 Å². The minimum absolute atomic E-state index is 0. The highest BCUT2D eigenvalue weighted by Crippen LogP contribution is 2.10. The summed E-state index contributed by atoms with van der Waals surface area (Å²) in [7, 11) is 0. The van der Waals surface area contributed by atoms with Gasteiger partial charge in [-0.1, -0.05) is 7.43 Å². The molecule has 0 radical (unpaired) electrons. The number of halogens is 1. The van der Waals surface area contributed by atoms with E-state index in [2.05, 4.69) is 34.0 Å². The van der Waals surface area contributed by atoms with Crippen LogP contribution in [0, 0.1) is 5.21 Å². The Hall–Kier alpha value is -1.67. The lowest BCUT2D eigenvalue weighted by atomic mass is 10.2. The summed E-state index contributed by atoms with van der Waals surface area (Å²) in [5.41, 5.74) is 0. The topological polar surface area (TPSA) is 79.9 Å². The first kappa shape index (κ1) is 17.4. The molecule has 0 N–H and O–H groups in total. The van der Waals surface area contributed by atoms with E-state index in [0.29, 0.717) is 24.1 Å². The molecule has 0 unspecified atom stereocenters. The quantitative estimate of drug-likeness (QED) is 0.365. The zero-order valence-corrected chi connectivity index (χ0v) is 12.2. The SMILES string of the molecule is C.CC(C)N1CCN(/[N+]([O-])=N/Oc2ccnc(Cl)n2)CC1. The maximum Gasteiger partial charge on any atom is 0.259 e. The van der Waals surface area contributed by atoms with Gasteiger partial charge in [0.15, 0.2) is 0 Å². The summed E-state index contributed by atoms with van der Waals surface area (Å²) in [6.07, 6.45) is 1.43. The number of hydrazine groups is 1. The lowest BCUT2D eigenvalue weighted by Crippen LogP contribution is -2.50. The lowest BCUT2D eigenvalue weighted by molar-refractivity contribution is -0.709. The van der Waals surface area contributed by atoms with Crippen molar-refractivity contribution in [3.8, 4) is 5.88 Å². The molecule has 118 valence electrons. The van der Waals surface area contributed by atoms with Crippen molar-refractivity contribution in [3.05, 3.63) is 22.8 Å². The molecule has 0 aromatic carbocycles. The third-order valence-corrected chi connectivity index (χ3v) is 3.25. The molecule has 21 heavy (non-hydrogen) atoms. The van der Waals surface area contributed by atoms with Gasteiger partial charge in [0.1, 0.15) is 0 Å². The average molecular weight is 317 g/mol. The van der Waals surface area contributed by atoms with Gasteiger partial charge in [0.05, 0.1) is 18.1 Å². The third-order valence-electron chi connectivity index (χ3n) is 3.07. The molecular weight excluding hydrogens is 296 g/mol.